The van der Waals surface area contributed by atoms with Crippen LogP contribution in [0.5, 0.6) is 5.75 Å². The average Bonchev–Trinajstić information content (AvgIpc) is 3.34. The van der Waals surface area contributed by atoms with Crippen LogP contribution in [-0.2, 0) is 0 Å². The third kappa shape index (κ3) is 5.03. The molecule has 0 radical (unpaired) electrons. The van der Waals surface area contributed by atoms with Gasteiger partial charge in [0.05, 0.1) is 7.11 Å². The van der Waals surface area contributed by atoms with E-state index in [-0.39, 0.29) is 0 Å². The topological polar surface area (TPSA) is 21.3 Å². The normalized spacial score (nSPS) is 17.6. The Kier molecular flexibility index (Phi) is 6.98. The van der Waals surface area contributed by atoms with Crippen LogP contribution in [-0.4, -0.2) is 13.2 Å². The molecule has 0 aromatic heterocycles. The summed E-state index contributed by atoms with van der Waals surface area (Å²) in [6, 6.07) is 6.88. The molecule has 0 heterocycles. The van der Waals surface area contributed by atoms with E-state index in [0.717, 1.165) is 22.9 Å². The molecule has 1 N–H and O–H groups in total. The van der Waals surface area contributed by atoms with Crippen LogP contribution in [0, 0.1) is 18.3 Å². The van der Waals surface area contributed by atoms with E-state index in [4.69, 9.17) is 4.74 Å². The van der Waals surface area contributed by atoms with E-state index < -0.39 is 0 Å². The van der Waals surface area contributed by atoms with Crippen molar-refractivity contribution in [3.63, 3.8) is 0 Å². The zero-order valence-corrected chi connectivity index (χ0v) is 17.0. The Morgan fingerprint density at radius 1 is 1.24 bits per heavy atom. The minimum absolute atomic E-state index is 0.425. The van der Waals surface area contributed by atoms with Crippen molar-refractivity contribution in [3.8, 4) is 5.75 Å². The smallest absolute Gasteiger partial charge is 0.128 e. The second-order valence-corrected chi connectivity index (χ2v) is 8.15. The van der Waals surface area contributed by atoms with Gasteiger partial charge in [0.2, 0.25) is 0 Å². The fraction of sp³-hybridized carbons (Fsp3) is 0.652. The van der Waals surface area contributed by atoms with Gasteiger partial charge in [0.15, 0.2) is 0 Å². The molecule has 0 amide bonds. The lowest BCUT2D eigenvalue weighted by molar-refractivity contribution is 0.246. The molecule has 140 valence electrons. The number of hydrogen-bond donors (Lipinski definition) is 1. The molecule has 2 heteroatoms. The molecule has 25 heavy (non-hydrogen) atoms. The molecule has 2 unspecified atom stereocenters. The molecule has 1 aromatic carbocycles. The quantitative estimate of drug-likeness (QED) is 0.506. The van der Waals surface area contributed by atoms with E-state index in [1.165, 1.54) is 50.5 Å². The Morgan fingerprint density at radius 3 is 2.52 bits per heavy atom. The van der Waals surface area contributed by atoms with Crippen LogP contribution >= 0.6 is 0 Å². The van der Waals surface area contributed by atoms with Gasteiger partial charge in [0.25, 0.3) is 0 Å². The largest absolute Gasteiger partial charge is 0.496 e. The molecule has 1 saturated carbocycles. The summed E-state index contributed by atoms with van der Waals surface area (Å²) in [5, 5.41) is 3.85. The second kappa shape index (κ2) is 8.78. The van der Waals surface area contributed by atoms with E-state index in [2.05, 4.69) is 57.8 Å². The number of benzene rings is 1. The number of aryl methyl sites for hydroxylation is 1. The van der Waals surface area contributed by atoms with Crippen molar-refractivity contribution >= 4 is 5.70 Å². The van der Waals surface area contributed by atoms with E-state index in [0.29, 0.717) is 11.5 Å². The summed E-state index contributed by atoms with van der Waals surface area (Å²) < 4.78 is 5.60. The number of unbranched alkanes of at least 4 members (excludes halogenated alkanes) is 1. The summed E-state index contributed by atoms with van der Waals surface area (Å²) in [7, 11) is 1.74. The van der Waals surface area contributed by atoms with Gasteiger partial charge in [-0.25, -0.2) is 0 Å². The van der Waals surface area contributed by atoms with Crippen molar-refractivity contribution in [1.29, 1.82) is 0 Å². The van der Waals surface area contributed by atoms with E-state index >= 15 is 0 Å². The van der Waals surface area contributed by atoms with Gasteiger partial charge in [0, 0.05) is 17.3 Å². The molecular weight excluding hydrogens is 306 g/mol. The van der Waals surface area contributed by atoms with Crippen molar-refractivity contribution in [2.45, 2.75) is 78.7 Å². The number of ether oxygens (including phenoxy) is 1. The Labute approximate surface area is 155 Å². The molecule has 0 aliphatic heterocycles. The van der Waals surface area contributed by atoms with E-state index in [1.807, 2.05) is 0 Å². The Hall–Kier alpha value is -1.44. The molecule has 2 nitrogen and oxygen atoms in total. The highest BCUT2D eigenvalue weighted by molar-refractivity contribution is 5.68. The van der Waals surface area contributed by atoms with Crippen molar-refractivity contribution < 1.29 is 4.74 Å². The SMILES string of the molecule is C=C(NC(C(CCC)CCCC)C1(C)CC1)c1ccc(C)cc1OC. The zero-order valence-electron chi connectivity index (χ0n) is 17.0. The highest BCUT2D eigenvalue weighted by Crippen LogP contribution is 2.52. The molecule has 1 fully saturated rings. The van der Waals surface area contributed by atoms with Crippen LogP contribution in [0.3, 0.4) is 0 Å². The first-order chi connectivity index (χ1) is 11.9. The van der Waals surface area contributed by atoms with Gasteiger partial charge in [-0.05, 0) is 61.6 Å². The third-order valence-electron chi connectivity index (χ3n) is 5.86. The van der Waals surface area contributed by atoms with Crippen LogP contribution in [0.4, 0.5) is 0 Å². The van der Waals surface area contributed by atoms with Gasteiger partial charge in [-0.1, -0.05) is 52.7 Å². The molecule has 2 rings (SSSR count). The highest BCUT2D eigenvalue weighted by Gasteiger charge is 2.47. The Balaban J connectivity index is 2.20. The third-order valence-corrected chi connectivity index (χ3v) is 5.86. The van der Waals surface area contributed by atoms with Crippen LogP contribution in [0.2, 0.25) is 0 Å². The molecule has 0 bridgehead atoms. The summed E-state index contributed by atoms with van der Waals surface area (Å²) in [4.78, 5) is 0. The lowest BCUT2D eigenvalue weighted by Gasteiger charge is -2.35. The fourth-order valence-corrected chi connectivity index (χ4v) is 4.00. The Bertz CT molecular complexity index is 573. The predicted octanol–water partition coefficient (Wildman–Crippen LogP) is 6.34. The van der Waals surface area contributed by atoms with Crippen LogP contribution in [0.25, 0.3) is 5.70 Å². The van der Waals surface area contributed by atoms with Crippen LogP contribution < -0.4 is 10.1 Å². The number of rotatable bonds is 11. The van der Waals surface area contributed by atoms with Gasteiger partial charge in [0.1, 0.15) is 5.75 Å². The molecule has 1 aromatic rings. The minimum atomic E-state index is 0.425. The molecule has 2 atom stereocenters. The maximum atomic E-state index is 5.60. The van der Waals surface area contributed by atoms with Gasteiger partial charge in [-0.3, -0.25) is 0 Å². The lowest BCUT2D eigenvalue weighted by Crippen LogP contribution is -2.41. The summed E-state index contributed by atoms with van der Waals surface area (Å²) in [5.41, 5.74) is 3.74. The summed E-state index contributed by atoms with van der Waals surface area (Å²) in [5.74, 6) is 1.64. The second-order valence-electron chi connectivity index (χ2n) is 8.15. The van der Waals surface area contributed by atoms with Crippen LogP contribution in [0.15, 0.2) is 24.8 Å². The number of methoxy groups -OCH3 is 1. The van der Waals surface area contributed by atoms with E-state index in [9.17, 15) is 0 Å². The molecule has 1 aliphatic carbocycles. The standard InChI is InChI=1S/C23H37NO/c1-7-9-11-19(10-8-2)22(23(5)14-15-23)24-18(4)20-13-12-17(3)16-21(20)25-6/h12-13,16,19,22,24H,4,7-11,14-15H2,1-3,5-6H3. The average molecular weight is 344 g/mol. The van der Waals surface area contributed by atoms with Crippen molar-refractivity contribution in [1.82, 2.24) is 5.32 Å². The summed E-state index contributed by atoms with van der Waals surface area (Å²) in [6.45, 7) is 13.5. The highest BCUT2D eigenvalue weighted by atomic mass is 16.5. The molecular formula is C23H37NO. The van der Waals surface area contributed by atoms with Gasteiger partial charge >= 0.3 is 0 Å². The molecule has 0 spiro atoms. The first kappa shape index (κ1) is 19.9. The molecule has 1 aliphatic rings. The van der Waals surface area contributed by atoms with Gasteiger partial charge in [-0.2, -0.15) is 0 Å². The summed E-state index contributed by atoms with van der Waals surface area (Å²) in [6.07, 6.45) is 9.12. The van der Waals surface area contributed by atoms with Gasteiger partial charge in [-0.15, -0.1) is 0 Å². The van der Waals surface area contributed by atoms with Crippen molar-refractivity contribution in [3.05, 3.63) is 35.9 Å². The lowest BCUT2D eigenvalue weighted by atomic mass is 9.80. The Morgan fingerprint density at radius 2 is 1.96 bits per heavy atom. The van der Waals surface area contributed by atoms with Gasteiger partial charge < -0.3 is 10.1 Å². The number of hydrogen-bond acceptors (Lipinski definition) is 2. The monoisotopic (exact) mass is 343 g/mol. The van der Waals surface area contributed by atoms with Crippen LogP contribution in [0.1, 0.15) is 76.8 Å². The summed E-state index contributed by atoms with van der Waals surface area (Å²) >= 11 is 0. The first-order valence-corrected chi connectivity index (χ1v) is 10.1. The zero-order chi connectivity index (χ0) is 18.4. The van der Waals surface area contributed by atoms with Crippen molar-refractivity contribution in [2.24, 2.45) is 11.3 Å². The first-order valence-electron chi connectivity index (χ1n) is 10.1. The van der Waals surface area contributed by atoms with Crippen molar-refractivity contribution in [2.75, 3.05) is 7.11 Å². The maximum absolute atomic E-state index is 5.60. The maximum Gasteiger partial charge on any atom is 0.128 e. The minimum Gasteiger partial charge on any atom is -0.496 e. The molecule has 0 saturated heterocycles. The number of nitrogens with one attached hydrogen (secondary N) is 1. The predicted molar refractivity (Wildman–Crippen MR) is 109 cm³/mol. The van der Waals surface area contributed by atoms with E-state index in [1.54, 1.807) is 7.11 Å². The fourth-order valence-electron chi connectivity index (χ4n) is 4.00.